The van der Waals surface area contributed by atoms with Crippen molar-refractivity contribution in [2.75, 3.05) is 0 Å². The van der Waals surface area contributed by atoms with Crippen molar-refractivity contribution in [3.63, 3.8) is 0 Å². The average molecular weight is 414 g/mol. The van der Waals surface area contributed by atoms with Crippen LogP contribution < -0.4 is 0 Å². The van der Waals surface area contributed by atoms with Gasteiger partial charge in [-0.25, -0.2) is 0 Å². The summed E-state index contributed by atoms with van der Waals surface area (Å²) in [4.78, 5) is 0. The molecule has 0 amide bonds. The molecule has 2 unspecified atom stereocenters. The average Bonchev–Trinajstić information content (AvgIpc) is 2.80. The molecule has 172 valence electrons. The van der Waals surface area contributed by atoms with Gasteiger partial charge in [0.1, 0.15) is 0 Å². The molecule has 0 heterocycles. The van der Waals surface area contributed by atoms with Gasteiger partial charge >= 0.3 is 0 Å². The zero-order chi connectivity index (χ0) is 21.2. The molecule has 0 spiro atoms. The Morgan fingerprint density at radius 3 is 1.87 bits per heavy atom. The van der Waals surface area contributed by atoms with Gasteiger partial charge in [0.25, 0.3) is 0 Å². The first kappa shape index (κ1) is 24.1. The molecular weight excluding hydrogens is 362 g/mol. The molecule has 0 aromatic carbocycles. The van der Waals surface area contributed by atoms with Gasteiger partial charge in [0.15, 0.2) is 0 Å². The van der Waals surface area contributed by atoms with Crippen LogP contribution in [0.25, 0.3) is 0 Å². The van der Waals surface area contributed by atoms with E-state index in [9.17, 15) is 5.26 Å². The first-order valence-corrected chi connectivity index (χ1v) is 14.1. The van der Waals surface area contributed by atoms with Crippen molar-refractivity contribution < 1.29 is 0 Å². The summed E-state index contributed by atoms with van der Waals surface area (Å²) in [6.45, 7) is 4.60. The molecule has 0 aliphatic heterocycles. The molecule has 3 saturated carbocycles. The largest absolute Gasteiger partial charge is 0.198 e. The molecule has 30 heavy (non-hydrogen) atoms. The second-order valence-corrected chi connectivity index (χ2v) is 11.7. The molecule has 0 aromatic heterocycles. The van der Waals surface area contributed by atoms with E-state index < -0.39 is 0 Å². The van der Waals surface area contributed by atoms with Crippen molar-refractivity contribution in [1.82, 2.24) is 0 Å². The molecule has 0 bridgehead atoms. The third-order valence-electron chi connectivity index (χ3n) is 9.64. The highest BCUT2D eigenvalue weighted by atomic mass is 14.5. The highest BCUT2D eigenvalue weighted by molar-refractivity contribution is 5.03. The van der Waals surface area contributed by atoms with Crippen molar-refractivity contribution in [2.45, 2.75) is 142 Å². The number of nitrogens with zero attached hydrogens (tertiary/aromatic N) is 1. The van der Waals surface area contributed by atoms with Crippen molar-refractivity contribution in [3.8, 4) is 6.07 Å². The standard InChI is InChI=1S/C29H51N/c1-3-5-7-10-24-12-14-25(15-13-24)26-16-18-27(19-17-26)28-11-9-21-29(22-28,23-30)20-8-6-4-2/h24-28H,3-22H2,1-2H3/t24-,25-,26?,27?,28?,29?. The normalized spacial score (nSPS) is 37.6. The Bertz CT molecular complexity index is 503. The number of hydrogen-bond donors (Lipinski definition) is 0. The third-order valence-corrected chi connectivity index (χ3v) is 9.64. The first-order chi connectivity index (χ1) is 14.7. The summed E-state index contributed by atoms with van der Waals surface area (Å²) in [5.41, 5.74) is 0.0328. The highest BCUT2D eigenvalue weighted by Crippen LogP contribution is 2.50. The number of nitriles is 1. The van der Waals surface area contributed by atoms with Gasteiger partial charge in [-0.2, -0.15) is 5.26 Å². The van der Waals surface area contributed by atoms with E-state index in [4.69, 9.17) is 0 Å². The Morgan fingerprint density at radius 1 is 0.700 bits per heavy atom. The minimum Gasteiger partial charge on any atom is -0.198 e. The van der Waals surface area contributed by atoms with E-state index in [-0.39, 0.29) is 5.41 Å². The predicted octanol–water partition coefficient (Wildman–Crippen LogP) is 9.46. The molecule has 3 fully saturated rings. The maximum atomic E-state index is 10.0. The minimum atomic E-state index is 0.0328. The SMILES string of the molecule is CCCCCC1(C#N)CCCC(C2CCC([C@H]3CC[C@H](CCCCC)CC3)CC2)C1. The molecule has 1 nitrogen and oxygen atoms in total. The van der Waals surface area contributed by atoms with E-state index >= 15 is 0 Å². The predicted molar refractivity (Wildman–Crippen MR) is 129 cm³/mol. The van der Waals surface area contributed by atoms with Crippen LogP contribution in [0.3, 0.4) is 0 Å². The van der Waals surface area contributed by atoms with Crippen LogP contribution in [0.2, 0.25) is 0 Å². The molecule has 3 aliphatic rings. The van der Waals surface area contributed by atoms with Crippen LogP contribution >= 0.6 is 0 Å². The zero-order valence-corrected chi connectivity index (χ0v) is 20.5. The molecule has 2 atom stereocenters. The van der Waals surface area contributed by atoms with E-state index in [1.165, 1.54) is 128 Å². The second kappa shape index (κ2) is 12.5. The molecule has 3 rings (SSSR count). The zero-order valence-electron chi connectivity index (χ0n) is 20.5. The summed E-state index contributed by atoms with van der Waals surface area (Å²) in [6.07, 6.45) is 28.0. The smallest absolute Gasteiger partial charge is 0.0689 e. The summed E-state index contributed by atoms with van der Waals surface area (Å²) in [6, 6.07) is 2.83. The number of unbranched alkanes of at least 4 members (excludes halogenated alkanes) is 4. The maximum Gasteiger partial charge on any atom is 0.0689 e. The van der Waals surface area contributed by atoms with Crippen molar-refractivity contribution in [2.24, 2.45) is 35.0 Å². The van der Waals surface area contributed by atoms with E-state index in [0.717, 1.165) is 29.6 Å². The van der Waals surface area contributed by atoms with Gasteiger partial charge in [-0.15, -0.1) is 0 Å². The van der Waals surface area contributed by atoms with E-state index in [1.807, 2.05) is 0 Å². The van der Waals surface area contributed by atoms with Crippen LogP contribution in [0.4, 0.5) is 0 Å². The van der Waals surface area contributed by atoms with Crippen LogP contribution in [-0.2, 0) is 0 Å². The first-order valence-electron chi connectivity index (χ1n) is 14.1. The van der Waals surface area contributed by atoms with E-state index in [1.54, 1.807) is 0 Å². The molecule has 0 radical (unpaired) electrons. The van der Waals surface area contributed by atoms with Gasteiger partial charge < -0.3 is 0 Å². The molecule has 0 saturated heterocycles. The third kappa shape index (κ3) is 6.74. The summed E-state index contributed by atoms with van der Waals surface area (Å²) in [5, 5.41) is 10.0. The minimum absolute atomic E-state index is 0.0328. The summed E-state index contributed by atoms with van der Waals surface area (Å²) < 4.78 is 0. The van der Waals surface area contributed by atoms with Gasteiger partial charge in [0.05, 0.1) is 11.5 Å². The van der Waals surface area contributed by atoms with Gasteiger partial charge in [-0.1, -0.05) is 84.5 Å². The lowest BCUT2D eigenvalue weighted by Gasteiger charge is -2.43. The lowest BCUT2D eigenvalue weighted by Crippen LogP contribution is -2.34. The van der Waals surface area contributed by atoms with Crippen molar-refractivity contribution in [1.29, 1.82) is 5.26 Å². The Kier molecular flexibility index (Phi) is 10.1. The molecule has 0 aromatic rings. The molecular formula is C29H51N. The monoisotopic (exact) mass is 413 g/mol. The fourth-order valence-corrected chi connectivity index (χ4v) is 7.63. The van der Waals surface area contributed by atoms with Gasteiger partial charge in [-0.3, -0.25) is 0 Å². The van der Waals surface area contributed by atoms with Gasteiger partial charge in [0.2, 0.25) is 0 Å². The topological polar surface area (TPSA) is 23.8 Å². The van der Waals surface area contributed by atoms with Crippen LogP contribution in [0.5, 0.6) is 0 Å². The fourth-order valence-electron chi connectivity index (χ4n) is 7.63. The summed E-state index contributed by atoms with van der Waals surface area (Å²) in [5.74, 6) is 4.93. The van der Waals surface area contributed by atoms with Crippen LogP contribution in [0.15, 0.2) is 0 Å². The second-order valence-electron chi connectivity index (χ2n) is 11.7. The van der Waals surface area contributed by atoms with Crippen molar-refractivity contribution in [3.05, 3.63) is 0 Å². The fraction of sp³-hybridized carbons (Fsp3) is 0.966. The number of hydrogen-bond acceptors (Lipinski definition) is 1. The van der Waals surface area contributed by atoms with E-state index in [2.05, 4.69) is 19.9 Å². The Morgan fingerprint density at radius 2 is 1.27 bits per heavy atom. The highest BCUT2D eigenvalue weighted by Gasteiger charge is 2.40. The molecule has 0 N–H and O–H groups in total. The lowest BCUT2D eigenvalue weighted by atomic mass is 9.61. The van der Waals surface area contributed by atoms with Crippen LogP contribution in [-0.4, -0.2) is 0 Å². The Hall–Kier alpha value is -0.510. The number of rotatable bonds is 10. The quantitative estimate of drug-likeness (QED) is 0.327. The molecule has 3 aliphatic carbocycles. The summed E-state index contributed by atoms with van der Waals surface area (Å²) in [7, 11) is 0. The Labute approximate surface area is 188 Å². The van der Waals surface area contributed by atoms with Crippen molar-refractivity contribution >= 4 is 0 Å². The maximum absolute atomic E-state index is 10.0. The molecule has 1 heteroatoms. The summed E-state index contributed by atoms with van der Waals surface area (Å²) >= 11 is 0. The van der Waals surface area contributed by atoms with Gasteiger partial charge in [0, 0.05) is 0 Å². The lowest BCUT2D eigenvalue weighted by molar-refractivity contribution is 0.0813. The van der Waals surface area contributed by atoms with Crippen LogP contribution in [0.1, 0.15) is 142 Å². The van der Waals surface area contributed by atoms with E-state index in [0.29, 0.717) is 0 Å². The Balaban J connectivity index is 1.40. The van der Waals surface area contributed by atoms with Gasteiger partial charge in [-0.05, 0) is 87.4 Å². The van der Waals surface area contributed by atoms with Crippen LogP contribution in [0, 0.1) is 46.3 Å².